The van der Waals surface area contributed by atoms with E-state index < -0.39 is 0 Å². The van der Waals surface area contributed by atoms with Gasteiger partial charge in [-0.3, -0.25) is 4.79 Å². The molecule has 0 spiro atoms. The number of benzene rings is 2. The number of fused-ring (bicyclic) bond motifs is 1. The van der Waals surface area contributed by atoms with Crippen LogP contribution in [0, 0.1) is 20.8 Å². The molecular weight excluding hydrogens is 348 g/mol. The molecule has 146 valence electrons. The Morgan fingerprint density at radius 3 is 2.32 bits per heavy atom. The van der Waals surface area contributed by atoms with E-state index in [1.165, 1.54) is 16.7 Å². The van der Waals surface area contributed by atoms with Gasteiger partial charge in [-0.25, -0.2) is 4.98 Å². The first-order valence-corrected chi connectivity index (χ1v) is 9.39. The monoisotopic (exact) mass is 376 g/mol. The first-order valence-electron chi connectivity index (χ1n) is 9.39. The zero-order valence-electron chi connectivity index (χ0n) is 17.5. The van der Waals surface area contributed by atoms with E-state index >= 15 is 0 Å². The van der Waals surface area contributed by atoms with Crippen molar-refractivity contribution >= 4 is 28.3 Å². The van der Waals surface area contributed by atoms with Crippen LogP contribution in [0.1, 0.15) is 23.6 Å². The predicted octanol–water partition coefficient (Wildman–Crippen LogP) is 4.28. The topological polar surface area (TPSA) is 62.5 Å². The Labute approximate surface area is 166 Å². The highest BCUT2D eigenvalue weighted by atomic mass is 16.2. The molecule has 0 aliphatic heterocycles. The number of carbonyl (C=O) groups is 1. The van der Waals surface area contributed by atoms with Crippen LogP contribution in [0.5, 0.6) is 0 Å². The van der Waals surface area contributed by atoms with Crippen LogP contribution >= 0.6 is 0 Å². The van der Waals surface area contributed by atoms with Gasteiger partial charge in [-0.15, -0.1) is 0 Å². The number of nitrogens with two attached hydrogens (primary N) is 1. The van der Waals surface area contributed by atoms with Crippen molar-refractivity contribution in [2.24, 2.45) is 0 Å². The maximum absolute atomic E-state index is 11.6. The Hall–Kier alpha value is -3.08. The molecule has 0 aliphatic rings. The van der Waals surface area contributed by atoms with Gasteiger partial charge in [0, 0.05) is 38.2 Å². The number of nitrogens with zero attached hydrogens (tertiary/aromatic N) is 3. The minimum atomic E-state index is 0.00809. The molecule has 1 heterocycles. The maximum Gasteiger partial charge on any atom is 0.220 e. The number of aromatic nitrogens is 1. The molecule has 2 N–H and O–H groups in total. The van der Waals surface area contributed by atoms with Crippen molar-refractivity contribution in [2.45, 2.75) is 27.7 Å². The van der Waals surface area contributed by atoms with Crippen molar-refractivity contribution in [3.05, 3.63) is 53.1 Å². The first-order chi connectivity index (χ1) is 13.2. The van der Waals surface area contributed by atoms with Gasteiger partial charge in [-0.05, 0) is 49.1 Å². The summed E-state index contributed by atoms with van der Waals surface area (Å²) < 4.78 is 0. The summed E-state index contributed by atoms with van der Waals surface area (Å²) in [6.45, 7) is 8.32. The standard InChI is InChI=1S/C23H28N4O/c1-14-7-9-18(10-8-14)22-16(3)15(2)11-20-23(22)19(24)12-21(25-20)27(6)13-26(5)17(4)28/h7-12H,13H2,1-6H3,(H2,24,25). The van der Waals surface area contributed by atoms with E-state index in [2.05, 4.69) is 51.1 Å². The molecule has 28 heavy (non-hydrogen) atoms. The number of pyridine rings is 1. The lowest BCUT2D eigenvalue weighted by atomic mass is 9.91. The second kappa shape index (κ2) is 7.50. The number of rotatable bonds is 4. The normalized spacial score (nSPS) is 10.9. The number of carbonyl (C=O) groups excluding carboxylic acids is 1. The quantitative estimate of drug-likeness (QED) is 0.690. The lowest BCUT2D eigenvalue weighted by Crippen LogP contribution is -2.36. The summed E-state index contributed by atoms with van der Waals surface area (Å²) >= 11 is 0. The molecule has 0 atom stereocenters. The van der Waals surface area contributed by atoms with Gasteiger partial charge in [0.2, 0.25) is 5.91 Å². The van der Waals surface area contributed by atoms with E-state index in [1.807, 2.05) is 18.0 Å². The summed E-state index contributed by atoms with van der Waals surface area (Å²) in [6, 6.07) is 12.5. The van der Waals surface area contributed by atoms with Crippen LogP contribution in [0.25, 0.3) is 22.0 Å². The minimum absolute atomic E-state index is 0.00809. The highest BCUT2D eigenvalue weighted by molar-refractivity contribution is 6.05. The van der Waals surface area contributed by atoms with E-state index in [0.29, 0.717) is 12.4 Å². The Morgan fingerprint density at radius 2 is 1.71 bits per heavy atom. The Balaban J connectivity index is 2.17. The molecule has 5 heteroatoms. The molecule has 2 aromatic carbocycles. The fourth-order valence-corrected chi connectivity index (χ4v) is 3.41. The molecule has 0 aliphatic carbocycles. The lowest BCUT2D eigenvalue weighted by molar-refractivity contribution is -0.127. The van der Waals surface area contributed by atoms with Gasteiger partial charge in [0.05, 0.1) is 12.2 Å². The minimum Gasteiger partial charge on any atom is -0.398 e. The maximum atomic E-state index is 11.6. The predicted molar refractivity (Wildman–Crippen MR) is 118 cm³/mol. The fourth-order valence-electron chi connectivity index (χ4n) is 3.41. The molecule has 5 nitrogen and oxygen atoms in total. The largest absolute Gasteiger partial charge is 0.398 e. The Bertz CT molecular complexity index is 1040. The SMILES string of the molecule is CC(=O)N(C)CN(C)c1cc(N)c2c(-c3ccc(C)cc3)c(C)c(C)cc2n1. The third-order valence-corrected chi connectivity index (χ3v) is 5.33. The summed E-state index contributed by atoms with van der Waals surface area (Å²) in [6.07, 6.45) is 0. The van der Waals surface area contributed by atoms with Crippen LogP contribution in [0.15, 0.2) is 36.4 Å². The number of amides is 1. The number of nitrogen functional groups attached to an aromatic ring is 1. The smallest absolute Gasteiger partial charge is 0.220 e. The second-order valence-corrected chi connectivity index (χ2v) is 7.58. The highest BCUT2D eigenvalue weighted by Gasteiger charge is 2.16. The van der Waals surface area contributed by atoms with Gasteiger partial charge in [0.1, 0.15) is 5.82 Å². The van der Waals surface area contributed by atoms with Crippen molar-refractivity contribution in [1.82, 2.24) is 9.88 Å². The first kappa shape index (κ1) is 19.7. The zero-order valence-corrected chi connectivity index (χ0v) is 17.5. The summed E-state index contributed by atoms with van der Waals surface area (Å²) in [4.78, 5) is 20.0. The van der Waals surface area contributed by atoms with Crippen molar-refractivity contribution < 1.29 is 4.79 Å². The van der Waals surface area contributed by atoms with E-state index in [9.17, 15) is 4.79 Å². The van der Waals surface area contributed by atoms with Crippen LogP contribution in [0.4, 0.5) is 11.5 Å². The van der Waals surface area contributed by atoms with Gasteiger partial charge in [0.25, 0.3) is 0 Å². The highest BCUT2D eigenvalue weighted by Crippen LogP contribution is 2.38. The molecule has 0 bridgehead atoms. The molecule has 1 aromatic heterocycles. The Morgan fingerprint density at radius 1 is 1.07 bits per heavy atom. The van der Waals surface area contributed by atoms with E-state index in [0.717, 1.165) is 27.8 Å². The van der Waals surface area contributed by atoms with Crippen LogP contribution in [0.2, 0.25) is 0 Å². The summed E-state index contributed by atoms with van der Waals surface area (Å²) in [5, 5.41) is 0.976. The van der Waals surface area contributed by atoms with Gasteiger partial charge in [-0.1, -0.05) is 29.8 Å². The molecule has 0 fully saturated rings. The third-order valence-electron chi connectivity index (χ3n) is 5.33. The van der Waals surface area contributed by atoms with Crippen LogP contribution in [0.3, 0.4) is 0 Å². The van der Waals surface area contributed by atoms with Gasteiger partial charge in [0.15, 0.2) is 0 Å². The molecule has 0 radical (unpaired) electrons. The van der Waals surface area contributed by atoms with E-state index in [1.54, 1.807) is 18.9 Å². The van der Waals surface area contributed by atoms with Gasteiger partial charge in [-0.2, -0.15) is 0 Å². The van der Waals surface area contributed by atoms with Crippen molar-refractivity contribution in [3.8, 4) is 11.1 Å². The van der Waals surface area contributed by atoms with Crippen LogP contribution in [-0.2, 0) is 4.79 Å². The average molecular weight is 377 g/mol. The summed E-state index contributed by atoms with van der Waals surface area (Å²) in [5.41, 5.74) is 14.0. The number of aryl methyl sites for hydroxylation is 2. The van der Waals surface area contributed by atoms with Crippen molar-refractivity contribution in [1.29, 1.82) is 0 Å². The van der Waals surface area contributed by atoms with E-state index in [4.69, 9.17) is 10.7 Å². The van der Waals surface area contributed by atoms with Gasteiger partial charge >= 0.3 is 0 Å². The molecule has 3 rings (SSSR count). The number of hydrogen-bond donors (Lipinski definition) is 1. The summed E-state index contributed by atoms with van der Waals surface area (Å²) in [5.74, 6) is 0.755. The molecule has 3 aromatic rings. The lowest BCUT2D eigenvalue weighted by Gasteiger charge is -2.25. The number of hydrogen-bond acceptors (Lipinski definition) is 4. The van der Waals surface area contributed by atoms with E-state index in [-0.39, 0.29) is 5.91 Å². The zero-order chi connectivity index (χ0) is 20.6. The molecule has 0 saturated heterocycles. The van der Waals surface area contributed by atoms with Crippen LogP contribution < -0.4 is 10.6 Å². The van der Waals surface area contributed by atoms with Crippen molar-refractivity contribution in [3.63, 3.8) is 0 Å². The molecule has 0 saturated carbocycles. The Kier molecular flexibility index (Phi) is 5.27. The molecule has 0 unspecified atom stereocenters. The van der Waals surface area contributed by atoms with Crippen molar-refractivity contribution in [2.75, 3.05) is 31.4 Å². The molecular formula is C23H28N4O. The molecule has 1 amide bonds. The average Bonchev–Trinajstić information content (AvgIpc) is 2.63. The fraction of sp³-hybridized carbons (Fsp3) is 0.304. The second-order valence-electron chi connectivity index (χ2n) is 7.58. The van der Waals surface area contributed by atoms with Gasteiger partial charge < -0.3 is 15.5 Å². The van der Waals surface area contributed by atoms with Crippen LogP contribution in [-0.4, -0.2) is 36.6 Å². The summed E-state index contributed by atoms with van der Waals surface area (Å²) in [7, 11) is 3.68. The number of anilines is 2. The third kappa shape index (κ3) is 3.65.